The van der Waals surface area contributed by atoms with E-state index in [1.54, 1.807) is 49.6 Å². The molecule has 3 aromatic rings. The fraction of sp³-hybridized carbons (Fsp3) is 0.250. The molecule has 0 saturated carbocycles. The Labute approximate surface area is 240 Å². The Hall–Kier alpha value is -4.63. The summed E-state index contributed by atoms with van der Waals surface area (Å²) in [5, 5.41) is 8.87. The number of methoxy groups -OCH3 is 2. The second kappa shape index (κ2) is 15.8. The summed E-state index contributed by atoms with van der Waals surface area (Å²) in [5.74, 6) is -0.117. The zero-order valence-electron chi connectivity index (χ0n) is 22.6. The van der Waals surface area contributed by atoms with Crippen molar-refractivity contribution < 1.29 is 32.2 Å². The fourth-order valence-corrected chi connectivity index (χ4v) is 3.32. The van der Waals surface area contributed by atoms with Gasteiger partial charge < -0.3 is 19.1 Å². The number of alkyl halides is 3. The minimum atomic E-state index is -4.56. The predicted octanol–water partition coefficient (Wildman–Crippen LogP) is 5.91. The number of rotatable bonds is 8. The van der Waals surface area contributed by atoms with Crippen LogP contribution < -0.4 is 4.74 Å². The molecule has 0 fully saturated rings. The number of carbonyl (C=O) groups excluding carboxylic acids is 1. The van der Waals surface area contributed by atoms with E-state index in [1.165, 1.54) is 32.6 Å². The highest BCUT2D eigenvalue weighted by atomic mass is 35.5. The third-order valence-electron chi connectivity index (χ3n) is 5.31. The average molecular weight is 590 g/mol. The van der Waals surface area contributed by atoms with Gasteiger partial charge in [0.15, 0.2) is 0 Å². The van der Waals surface area contributed by atoms with Crippen molar-refractivity contribution in [3.63, 3.8) is 0 Å². The first kappa shape index (κ1) is 32.6. The van der Waals surface area contributed by atoms with Crippen LogP contribution in [0.25, 0.3) is 5.57 Å². The SMILES string of the molecule is C/C(=N\C#N)N(C)Cc1ccc(Cl)nc1.CO/C=C(/C(=O)OC)c1ccccc1COc1cccc(C(F)(F)F)n1. The van der Waals surface area contributed by atoms with Crippen molar-refractivity contribution in [2.75, 3.05) is 21.3 Å². The van der Waals surface area contributed by atoms with Crippen LogP contribution in [-0.4, -0.2) is 47.9 Å². The summed E-state index contributed by atoms with van der Waals surface area (Å²) in [4.78, 5) is 24.9. The number of amidine groups is 1. The summed E-state index contributed by atoms with van der Waals surface area (Å²) in [6.45, 7) is 2.34. The van der Waals surface area contributed by atoms with E-state index < -0.39 is 17.8 Å². The molecule has 13 heteroatoms. The van der Waals surface area contributed by atoms with Crippen LogP contribution in [0.4, 0.5) is 13.2 Å². The van der Waals surface area contributed by atoms with Gasteiger partial charge in [-0.1, -0.05) is 48.0 Å². The van der Waals surface area contributed by atoms with E-state index in [4.69, 9.17) is 31.1 Å². The number of nitriles is 1. The van der Waals surface area contributed by atoms with E-state index >= 15 is 0 Å². The molecule has 0 aliphatic carbocycles. The van der Waals surface area contributed by atoms with Gasteiger partial charge in [0.25, 0.3) is 0 Å². The lowest BCUT2D eigenvalue weighted by atomic mass is 10.0. The standard InChI is InChI=1S/C18H16F3NO4.C10H11ClN4/c1-24-11-14(17(23)25-2)13-7-4-3-6-12(13)10-26-16-9-5-8-15(22-16)18(19,20)21;1-8(14-7-12)15(2)6-9-3-4-10(11)13-5-9/h3-9,11H,10H2,1-2H3;3-5H,6H2,1-2H3/b14-11+;14-8+. The molecule has 41 heavy (non-hydrogen) atoms. The zero-order chi connectivity index (χ0) is 30.4. The Balaban J connectivity index is 0.000000333. The molecular formula is C28H27ClF3N5O4. The molecule has 2 heterocycles. The van der Waals surface area contributed by atoms with E-state index in [-0.39, 0.29) is 18.1 Å². The molecule has 0 amide bonds. The van der Waals surface area contributed by atoms with Gasteiger partial charge in [-0.05, 0) is 35.7 Å². The summed E-state index contributed by atoms with van der Waals surface area (Å²) in [6.07, 6.45) is 0.130. The molecule has 0 aliphatic heterocycles. The Kier molecular flexibility index (Phi) is 12.6. The first-order valence-corrected chi connectivity index (χ1v) is 12.2. The van der Waals surface area contributed by atoms with E-state index in [9.17, 15) is 18.0 Å². The van der Waals surface area contributed by atoms with E-state index in [0.29, 0.717) is 28.7 Å². The average Bonchev–Trinajstić information content (AvgIpc) is 2.96. The minimum absolute atomic E-state index is 0.0947. The van der Waals surface area contributed by atoms with E-state index in [2.05, 4.69) is 15.0 Å². The molecule has 9 nitrogen and oxygen atoms in total. The van der Waals surface area contributed by atoms with Gasteiger partial charge in [-0.25, -0.2) is 14.8 Å². The minimum Gasteiger partial charge on any atom is -0.503 e. The lowest BCUT2D eigenvalue weighted by Crippen LogP contribution is -2.23. The quantitative estimate of drug-likeness (QED) is 0.0607. The molecule has 0 radical (unpaired) electrons. The number of hydrogen-bond acceptors (Lipinski definition) is 8. The molecule has 0 N–H and O–H groups in total. The number of benzene rings is 1. The molecule has 1 aromatic carbocycles. The van der Waals surface area contributed by atoms with Crippen LogP contribution in [0.5, 0.6) is 5.88 Å². The van der Waals surface area contributed by atoms with Crippen molar-refractivity contribution in [3.05, 3.63) is 94.6 Å². The number of aromatic nitrogens is 2. The first-order valence-electron chi connectivity index (χ1n) is 11.8. The summed E-state index contributed by atoms with van der Waals surface area (Å²) < 4.78 is 53.2. The summed E-state index contributed by atoms with van der Waals surface area (Å²) >= 11 is 5.67. The smallest absolute Gasteiger partial charge is 0.433 e. The maximum atomic E-state index is 12.7. The number of carbonyl (C=O) groups is 1. The van der Waals surface area contributed by atoms with Crippen molar-refractivity contribution in [1.82, 2.24) is 14.9 Å². The van der Waals surface area contributed by atoms with Crippen LogP contribution in [-0.2, 0) is 33.6 Å². The van der Waals surface area contributed by atoms with Gasteiger partial charge in [-0.3, -0.25) is 0 Å². The number of pyridine rings is 2. The third kappa shape index (κ3) is 10.5. The normalized spacial score (nSPS) is 11.5. The van der Waals surface area contributed by atoms with Crippen molar-refractivity contribution in [2.24, 2.45) is 4.99 Å². The highest BCUT2D eigenvalue weighted by Gasteiger charge is 2.32. The van der Waals surface area contributed by atoms with Crippen molar-refractivity contribution in [3.8, 4) is 12.1 Å². The zero-order valence-corrected chi connectivity index (χ0v) is 23.4. The highest BCUT2D eigenvalue weighted by Crippen LogP contribution is 2.29. The van der Waals surface area contributed by atoms with Gasteiger partial charge >= 0.3 is 12.1 Å². The van der Waals surface area contributed by atoms with E-state index in [1.807, 2.05) is 18.0 Å². The molecule has 3 rings (SSSR count). The number of hydrogen-bond donors (Lipinski definition) is 0. The van der Waals surface area contributed by atoms with Crippen LogP contribution in [0.1, 0.15) is 29.3 Å². The maximum Gasteiger partial charge on any atom is 0.433 e. The van der Waals surface area contributed by atoms with Gasteiger partial charge in [-0.15, -0.1) is 0 Å². The molecular weight excluding hydrogens is 563 g/mol. The van der Waals surface area contributed by atoms with Crippen LogP contribution in [0.2, 0.25) is 5.15 Å². The lowest BCUT2D eigenvalue weighted by Gasteiger charge is -2.17. The largest absolute Gasteiger partial charge is 0.503 e. The second-order valence-corrected chi connectivity index (χ2v) is 8.55. The Bertz CT molecular complexity index is 1410. The van der Waals surface area contributed by atoms with Crippen molar-refractivity contribution in [1.29, 1.82) is 5.26 Å². The van der Waals surface area contributed by atoms with Crippen LogP contribution >= 0.6 is 11.6 Å². The third-order valence-corrected chi connectivity index (χ3v) is 5.53. The molecule has 0 bridgehead atoms. The maximum absolute atomic E-state index is 12.7. The molecule has 0 unspecified atom stereocenters. The first-order chi connectivity index (χ1) is 19.5. The van der Waals surface area contributed by atoms with Gasteiger partial charge in [0.1, 0.15) is 28.9 Å². The predicted molar refractivity (Wildman–Crippen MR) is 146 cm³/mol. The van der Waals surface area contributed by atoms with Crippen molar-refractivity contribution in [2.45, 2.75) is 26.3 Å². The molecule has 0 spiro atoms. The number of ether oxygens (including phenoxy) is 3. The van der Waals surface area contributed by atoms with Gasteiger partial charge in [0.2, 0.25) is 12.1 Å². The molecule has 0 saturated heterocycles. The Morgan fingerprint density at radius 1 is 1.15 bits per heavy atom. The number of halogens is 4. The monoisotopic (exact) mass is 589 g/mol. The Morgan fingerprint density at radius 3 is 2.49 bits per heavy atom. The van der Waals surface area contributed by atoms with Gasteiger partial charge in [0.05, 0.1) is 20.5 Å². The number of aliphatic imine (C=N–C) groups is 1. The van der Waals surface area contributed by atoms with Gasteiger partial charge in [0, 0.05) is 25.9 Å². The summed E-state index contributed by atoms with van der Waals surface area (Å²) in [5.41, 5.74) is 1.17. The number of nitrogens with zero attached hydrogens (tertiary/aromatic N) is 5. The molecule has 0 atom stereocenters. The van der Waals surface area contributed by atoms with Crippen molar-refractivity contribution >= 4 is 29.0 Å². The van der Waals surface area contributed by atoms with Crippen LogP contribution in [0, 0.1) is 11.5 Å². The molecule has 0 aliphatic rings. The Morgan fingerprint density at radius 2 is 1.88 bits per heavy atom. The number of esters is 1. The van der Waals surface area contributed by atoms with E-state index in [0.717, 1.165) is 11.6 Å². The summed E-state index contributed by atoms with van der Waals surface area (Å²) in [7, 11) is 4.48. The second-order valence-electron chi connectivity index (χ2n) is 8.17. The molecule has 216 valence electrons. The molecule has 2 aromatic heterocycles. The summed E-state index contributed by atoms with van der Waals surface area (Å²) in [6, 6.07) is 13.8. The highest BCUT2D eigenvalue weighted by molar-refractivity contribution is 6.29. The topological polar surface area (TPSA) is 110 Å². The van der Waals surface area contributed by atoms with Crippen LogP contribution in [0.3, 0.4) is 0 Å². The lowest BCUT2D eigenvalue weighted by molar-refractivity contribution is -0.141. The fourth-order valence-electron chi connectivity index (χ4n) is 3.21. The van der Waals surface area contributed by atoms with Gasteiger partial charge in [-0.2, -0.15) is 23.4 Å². The van der Waals surface area contributed by atoms with Crippen LogP contribution in [0.15, 0.2) is 72.0 Å².